The topological polar surface area (TPSA) is 43.8 Å². The Bertz CT molecular complexity index is 306. The predicted octanol–water partition coefficient (Wildman–Crippen LogP) is 0.315. The Morgan fingerprint density at radius 1 is 1.47 bits per heavy atom. The fourth-order valence-corrected chi connectivity index (χ4v) is 1.92. The van der Waals surface area contributed by atoms with Crippen molar-refractivity contribution in [3.8, 4) is 11.8 Å². The number of aliphatic hydroxyl groups is 1. The molecule has 0 saturated carbocycles. The van der Waals surface area contributed by atoms with Gasteiger partial charge in [0.05, 0.1) is 19.7 Å². The van der Waals surface area contributed by atoms with Gasteiger partial charge in [0, 0.05) is 20.0 Å². The zero-order valence-electron chi connectivity index (χ0n) is 10.8. The molecule has 1 saturated heterocycles. The van der Waals surface area contributed by atoms with E-state index < -0.39 is 0 Å². The Labute approximate surface area is 104 Å². The van der Waals surface area contributed by atoms with Crippen LogP contribution < -0.4 is 0 Å². The first-order valence-electron chi connectivity index (χ1n) is 6.17. The molecule has 96 valence electrons. The van der Waals surface area contributed by atoms with Crippen LogP contribution in [-0.2, 0) is 4.79 Å². The zero-order valence-corrected chi connectivity index (χ0v) is 10.8. The molecule has 4 heteroatoms. The molecular formula is C13H22N2O2. The number of hydrogen-bond donors (Lipinski definition) is 1. The number of nitrogens with zero attached hydrogens (tertiary/aromatic N) is 2. The Morgan fingerprint density at radius 3 is 2.88 bits per heavy atom. The van der Waals surface area contributed by atoms with E-state index in [1.54, 1.807) is 11.9 Å². The molecule has 0 radical (unpaired) electrons. The van der Waals surface area contributed by atoms with Gasteiger partial charge in [0.2, 0.25) is 5.91 Å². The number of carbonyl (C=O) groups excluding carboxylic acids is 1. The molecule has 1 aliphatic heterocycles. The van der Waals surface area contributed by atoms with Crippen LogP contribution in [0.3, 0.4) is 0 Å². The highest BCUT2D eigenvalue weighted by Crippen LogP contribution is 2.15. The number of piperidine rings is 1. The van der Waals surface area contributed by atoms with Crippen LogP contribution in [0.2, 0.25) is 0 Å². The summed E-state index contributed by atoms with van der Waals surface area (Å²) in [6.07, 6.45) is 3.44. The lowest BCUT2D eigenvalue weighted by atomic mass is 10.0. The van der Waals surface area contributed by atoms with Crippen molar-refractivity contribution in [1.29, 1.82) is 0 Å². The standard InChI is InChI=1S/C13H22N2O2/c1-12(17)14(2)8-5-6-10-15-9-4-3-7-13(15)11-16/h13,16H,3-4,7-11H2,1-2H3/t13-/m0/s1. The maximum Gasteiger partial charge on any atom is 0.219 e. The predicted molar refractivity (Wildman–Crippen MR) is 67.4 cm³/mol. The highest BCUT2D eigenvalue weighted by atomic mass is 16.3. The van der Waals surface area contributed by atoms with E-state index >= 15 is 0 Å². The second kappa shape index (κ2) is 7.31. The molecule has 1 N–H and O–H groups in total. The van der Waals surface area contributed by atoms with E-state index in [0.717, 1.165) is 13.0 Å². The molecule has 0 aromatic carbocycles. The highest BCUT2D eigenvalue weighted by molar-refractivity contribution is 5.73. The summed E-state index contributed by atoms with van der Waals surface area (Å²) in [6.45, 7) is 3.94. The molecule has 0 spiro atoms. The molecule has 1 heterocycles. The van der Waals surface area contributed by atoms with Gasteiger partial charge < -0.3 is 10.0 Å². The molecular weight excluding hydrogens is 216 g/mol. The molecule has 1 amide bonds. The summed E-state index contributed by atoms with van der Waals surface area (Å²) in [5.41, 5.74) is 0. The summed E-state index contributed by atoms with van der Waals surface area (Å²) in [6, 6.07) is 0.267. The van der Waals surface area contributed by atoms with Crippen LogP contribution in [0.15, 0.2) is 0 Å². The third kappa shape index (κ3) is 4.76. The summed E-state index contributed by atoms with van der Waals surface area (Å²) in [7, 11) is 1.74. The second-order valence-electron chi connectivity index (χ2n) is 4.53. The number of hydrogen-bond acceptors (Lipinski definition) is 3. The number of rotatable bonds is 3. The minimum atomic E-state index is 0.0329. The fraction of sp³-hybridized carbons (Fsp3) is 0.769. The highest BCUT2D eigenvalue weighted by Gasteiger charge is 2.20. The lowest BCUT2D eigenvalue weighted by molar-refractivity contribution is -0.126. The van der Waals surface area contributed by atoms with Crippen LogP contribution >= 0.6 is 0 Å². The Morgan fingerprint density at radius 2 is 2.24 bits per heavy atom. The maximum atomic E-state index is 11.0. The Hall–Kier alpha value is -1.05. The van der Waals surface area contributed by atoms with Gasteiger partial charge in [-0.1, -0.05) is 18.3 Å². The molecule has 0 aromatic heterocycles. The van der Waals surface area contributed by atoms with Crippen LogP contribution in [0.1, 0.15) is 26.2 Å². The van der Waals surface area contributed by atoms with Crippen molar-refractivity contribution in [2.24, 2.45) is 0 Å². The summed E-state index contributed by atoms with van der Waals surface area (Å²) in [5.74, 6) is 6.10. The summed E-state index contributed by atoms with van der Waals surface area (Å²) in [5, 5.41) is 9.24. The average Bonchev–Trinajstić information content (AvgIpc) is 2.34. The van der Waals surface area contributed by atoms with Gasteiger partial charge in [0.25, 0.3) is 0 Å². The Kier molecular flexibility index (Phi) is 6.03. The van der Waals surface area contributed by atoms with Crippen LogP contribution in [0.5, 0.6) is 0 Å². The number of likely N-dealkylation sites (tertiary alicyclic amines) is 1. The third-order valence-corrected chi connectivity index (χ3v) is 3.22. The third-order valence-electron chi connectivity index (χ3n) is 3.22. The van der Waals surface area contributed by atoms with Crippen molar-refractivity contribution in [2.45, 2.75) is 32.2 Å². The SMILES string of the molecule is CC(=O)N(C)CC#CCN1CCCC[C@H]1CO. The van der Waals surface area contributed by atoms with Crippen LogP contribution in [0, 0.1) is 11.8 Å². The first kappa shape index (κ1) is 14.0. The normalized spacial score (nSPS) is 20.5. The van der Waals surface area contributed by atoms with Gasteiger partial charge in [0.15, 0.2) is 0 Å². The smallest absolute Gasteiger partial charge is 0.219 e. The van der Waals surface area contributed by atoms with E-state index in [1.165, 1.54) is 19.8 Å². The molecule has 1 fully saturated rings. The first-order chi connectivity index (χ1) is 8.15. The van der Waals surface area contributed by atoms with Gasteiger partial charge in [-0.25, -0.2) is 0 Å². The average molecular weight is 238 g/mol. The quantitative estimate of drug-likeness (QED) is 0.720. The summed E-state index contributed by atoms with van der Waals surface area (Å²) in [4.78, 5) is 14.8. The van der Waals surface area contributed by atoms with E-state index in [2.05, 4.69) is 16.7 Å². The zero-order chi connectivity index (χ0) is 12.7. The van der Waals surface area contributed by atoms with Crippen molar-refractivity contribution in [2.75, 3.05) is 33.3 Å². The molecule has 1 rings (SSSR count). The van der Waals surface area contributed by atoms with Crippen molar-refractivity contribution in [3.63, 3.8) is 0 Å². The molecule has 1 atom stereocenters. The largest absolute Gasteiger partial charge is 0.395 e. The second-order valence-corrected chi connectivity index (χ2v) is 4.53. The van der Waals surface area contributed by atoms with E-state index in [4.69, 9.17) is 0 Å². The summed E-state index contributed by atoms with van der Waals surface area (Å²) >= 11 is 0. The monoisotopic (exact) mass is 238 g/mol. The molecule has 17 heavy (non-hydrogen) atoms. The minimum absolute atomic E-state index is 0.0329. The van der Waals surface area contributed by atoms with Gasteiger partial charge >= 0.3 is 0 Å². The minimum Gasteiger partial charge on any atom is -0.395 e. The van der Waals surface area contributed by atoms with Crippen LogP contribution in [0.4, 0.5) is 0 Å². The van der Waals surface area contributed by atoms with E-state index in [9.17, 15) is 9.90 Å². The molecule has 0 bridgehead atoms. The number of carbonyl (C=O) groups is 1. The van der Waals surface area contributed by atoms with E-state index in [-0.39, 0.29) is 18.6 Å². The lowest BCUT2D eigenvalue weighted by Gasteiger charge is -2.32. The first-order valence-corrected chi connectivity index (χ1v) is 6.17. The van der Waals surface area contributed by atoms with Crippen LogP contribution in [-0.4, -0.2) is 60.1 Å². The molecule has 1 aliphatic rings. The van der Waals surface area contributed by atoms with Gasteiger partial charge in [-0.15, -0.1) is 0 Å². The van der Waals surface area contributed by atoms with Crippen molar-refractivity contribution >= 4 is 5.91 Å². The van der Waals surface area contributed by atoms with Crippen molar-refractivity contribution in [1.82, 2.24) is 9.80 Å². The molecule has 0 aliphatic carbocycles. The van der Waals surface area contributed by atoms with Gasteiger partial charge in [0.1, 0.15) is 0 Å². The Balaban J connectivity index is 2.33. The van der Waals surface area contributed by atoms with Crippen LogP contribution in [0.25, 0.3) is 0 Å². The van der Waals surface area contributed by atoms with Crippen molar-refractivity contribution in [3.05, 3.63) is 0 Å². The summed E-state index contributed by atoms with van der Waals surface area (Å²) < 4.78 is 0. The molecule has 4 nitrogen and oxygen atoms in total. The van der Waals surface area contributed by atoms with E-state index in [0.29, 0.717) is 13.1 Å². The van der Waals surface area contributed by atoms with Gasteiger partial charge in [-0.3, -0.25) is 9.69 Å². The molecule has 0 aromatic rings. The number of aliphatic hydroxyl groups excluding tert-OH is 1. The maximum absolute atomic E-state index is 11.0. The van der Waals surface area contributed by atoms with Gasteiger partial charge in [-0.2, -0.15) is 0 Å². The lowest BCUT2D eigenvalue weighted by Crippen LogP contribution is -2.41. The fourth-order valence-electron chi connectivity index (χ4n) is 1.92. The van der Waals surface area contributed by atoms with E-state index in [1.807, 2.05) is 0 Å². The number of amides is 1. The molecule has 0 unspecified atom stereocenters. The van der Waals surface area contributed by atoms with Crippen molar-refractivity contribution < 1.29 is 9.90 Å². The van der Waals surface area contributed by atoms with Gasteiger partial charge in [-0.05, 0) is 19.4 Å².